The van der Waals surface area contributed by atoms with Crippen LogP contribution in [0.5, 0.6) is 0 Å². The second kappa shape index (κ2) is 8.06. The maximum atomic E-state index is 13.0. The summed E-state index contributed by atoms with van der Waals surface area (Å²) in [5.74, 6) is -0.619. The molecule has 4 aromatic rings. The fraction of sp³-hybridized carbons (Fsp3) is 0.182. The number of carbonyl (C=O) groups excluding carboxylic acids is 2. The number of pyridine rings is 2. The topological polar surface area (TPSA) is 137 Å². The number of nitrogens with one attached hydrogen (secondary N) is 3. The average Bonchev–Trinajstić information content (AvgIpc) is 3.30. The number of hydrogen-bond donors (Lipinski definition) is 3. The molecule has 1 atom stereocenters. The van der Waals surface area contributed by atoms with Crippen LogP contribution in [0, 0.1) is 0 Å². The molecular weight excluding hydrogens is 410 g/mol. The number of H-pyrrole nitrogens is 2. The van der Waals surface area contributed by atoms with E-state index in [1.54, 1.807) is 17.0 Å². The smallest absolute Gasteiger partial charge is 0.254 e. The Morgan fingerprint density at radius 2 is 2.03 bits per heavy atom. The normalized spacial score (nSPS) is 15.4. The van der Waals surface area contributed by atoms with Gasteiger partial charge in [-0.05, 0) is 23.3 Å². The quantitative estimate of drug-likeness (QED) is 0.446. The van der Waals surface area contributed by atoms with Gasteiger partial charge in [0.1, 0.15) is 5.52 Å². The van der Waals surface area contributed by atoms with E-state index in [1.165, 1.54) is 18.5 Å². The Bertz CT molecular complexity index is 1380. The Kier molecular flexibility index (Phi) is 4.94. The minimum absolute atomic E-state index is 0.107. The van der Waals surface area contributed by atoms with Gasteiger partial charge in [-0.15, -0.1) is 5.10 Å². The number of aromatic nitrogens is 5. The second-order valence-electron chi connectivity index (χ2n) is 7.59. The molecule has 0 fully saturated rings. The summed E-state index contributed by atoms with van der Waals surface area (Å²) >= 11 is 0. The van der Waals surface area contributed by atoms with Gasteiger partial charge in [0.25, 0.3) is 11.8 Å². The molecule has 1 aromatic carbocycles. The fourth-order valence-corrected chi connectivity index (χ4v) is 4.05. The van der Waals surface area contributed by atoms with E-state index in [-0.39, 0.29) is 23.3 Å². The van der Waals surface area contributed by atoms with Crippen molar-refractivity contribution in [3.63, 3.8) is 0 Å². The molecular formula is C22H19N7O3. The van der Waals surface area contributed by atoms with E-state index in [4.69, 9.17) is 0 Å². The van der Waals surface area contributed by atoms with Crippen molar-refractivity contribution in [2.24, 2.45) is 0 Å². The average molecular weight is 429 g/mol. The summed E-state index contributed by atoms with van der Waals surface area (Å²) in [5, 5.41) is 13.4. The van der Waals surface area contributed by atoms with Crippen LogP contribution in [0.1, 0.15) is 37.8 Å². The molecule has 0 bridgehead atoms. The minimum atomic E-state index is -0.325. The van der Waals surface area contributed by atoms with Crippen LogP contribution in [0.3, 0.4) is 0 Å². The van der Waals surface area contributed by atoms with Crippen LogP contribution in [0.2, 0.25) is 0 Å². The summed E-state index contributed by atoms with van der Waals surface area (Å²) < 4.78 is 0. The van der Waals surface area contributed by atoms with E-state index in [9.17, 15) is 14.4 Å². The number of hydrogen-bond acceptors (Lipinski definition) is 6. The molecule has 1 aliphatic rings. The Hall–Kier alpha value is -4.34. The molecule has 2 amide bonds. The molecule has 3 aromatic heterocycles. The van der Waals surface area contributed by atoms with Gasteiger partial charge in [-0.25, -0.2) is 4.98 Å². The minimum Gasteiger partial charge on any atom is -0.351 e. The van der Waals surface area contributed by atoms with Crippen molar-refractivity contribution >= 4 is 23.0 Å². The third-order valence-corrected chi connectivity index (χ3v) is 5.58. The molecule has 0 spiro atoms. The molecule has 0 aliphatic carbocycles. The first kappa shape index (κ1) is 19.6. The number of carbonyl (C=O) groups is 2. The Morgan fingerprint density at radius 3 is 2.91 bits per heavy atom. The molecule has 10 heteroatoms. The molecule has 32 heavy (non-hydrogen) atoms. The lowest BCUT2D eigenvalue weighted by molar-refractivity contribution is 0.0716. The molecule has 1 unspecified atom stereocenters. The number of aromatic amines is 2. The zero-order valence-electron chi connectivity index (χ0n) is 16.9. The van der Waals surface area contributed by atoms with Crippen LogP contribution in [0.15, 0.2) is 59.7 Å². The van der Waals surface area contributed by atoms with Gasteiger partial charge < -0.3 is 15.2 Å². The van der Waals surface area contributed by atoms with Crippen molar-refractivity contribution in [1.82, 2.24) is 35.6 Å². The van der Waals surface area contributed by atoms with Gasteiger partial charge in [0.2, 0.25) is 11.2 Å². The van der Waals surface area contributed by atoms with Crippen molar-refractivity contribution in [2.75, 3.05) is 13.1 Å². The lowest BCUT2D eigenvalue weighted by Crippen LogP contribution is -2.42. The van der Waals surface area contributed by atoms with Crippen molar-refractivity contribution in [2.45, 2.75) is 12.5 Å². The van der Waals surface area contributed by atoms with Crippen LogP contribution < -0.4 is 10.9 Å². The number of nitrogens with zero attached hydrogens (tertiary/aromatic N) is 4. The maximum absolute atomic E-state index is 13.0. The monoisotopic (exact) mass is 429 g/mol. The van der Waals surface area contributed by atoms with Gasteiger partial charge in [-0.3, -0.25) is 14.4 Å². The van der Waals surface area contributed by atoms with Crippen LogP contribution in [-0.2, 0) is 6.54 Å². The number of amides is 2. The number of rotatable bonds is 4. The summed E-state index contributed by atoms with van der Waals surface area (Å²) in [6.45, 7) is 1.19. The van der Waals surface area contributed by atoms with Gasteiger partial charge in [-0.1, -0.05) is 24.3 Å². The molecule has 0 saturated carbocycles. The van der Waals surface area contributed by atoms with E-state index in [0.29, 0.717) is 41.9 Å². The molecule has 0 radical (unpaired) electrons. The lowest BCUT2D eigenvalue weighted by atomic mass is 9.89. The van der Waals surface area contributed by atoms with E-state index >= 15 is 0 Å². The predicted molar refractivity (Wildman–Crippen MR) is 115 cm³/mol. The zero-order valence-corrected chi connectivity index (χ0v) is 16.9. The molecule has 1 aliphatic heterocycles. The summed E-state index contributed by atoms with van der Waals surface area (Å²) in [7, 11) is 0. The lowest BCUT2D eigenvalue weighted by Gasteiger charge is -2.35. The van der Waals surface area contributed by atoms with Gasteiger partial charge in [0.15, 0.2) is 0 Å². The Morgan fingerprint density at radius 1 is 1.16 bits per heavy atom. The van der Waals surface area contributed by atoms with Crippen molar-refractivity contribution in [3.8, 4) is 0 Å². The van der Waals surface area contributed by atoms with E-state index in [0.717, 1.165) is 11.1 Å². The van der Waals surface area contributed by atoms with Gasteiger partial charge in [0, 0.05) is 49.6 Å². The first-order valence-corrected chi connectivity index (χ1v) is 10.1. The fourth-order valence-electron chi connectivity index (χ4n) is 4.05. The van der Waals surface area contributed by atoms with E-state index in [2.05, 4.69) is 30.7 Å². The summed E-state index contributed by atoms with van der Waals surface area (Å²) in [4.78, 5) is 45.8. The van der Waals surface area contributed by atoms with Crippen LogP contribution >= 0.6 is 0 Å². The SMILES string of the molecule is O=C(NCC1CN(C(=O)c2cc[nH]c(=O)c2)Cc2ccccc21)c1ccnc2n[nH]nc12. The Labute approximate surface area is 181 Å². The third kappa shape index (κ3) is 3.62. The largest absolute Gasteiger partial charge is 0.351 e. The predicted octanol–water partition coefficient (Wildman–Crippen LogP) is 1.21. The van der Waals surface area contributed by atoms with Crippen molar-refractivity contribution in [1.29, 1.82) is 0 Å². The molecule has 5 rings (SSSR count). The first-order valence-electron chi connectivity index (χ1n) is 10.1. The van der Waals surface area contributed by atoms with Crippen molar-refractivity contribution in [3.05, 3.63) is 87.5 Å². The molecule has 10 nitrogen and oxygen atoms in total. The maximum Gasteiger partial charge on any atom is 0.254 e. The highest BCUT2D eigenvalue weighted by Crippen LogP contribution is 2.29. The van der Waals surface area contributed by atoms with Gasteiger partial charge >= 0.3 is 0 Å². The number of benzene rings is 1. The van der Waals surface area contributed by atoms with Crippen LogP contribution in [0.4, 0.5) is 0 Å². The highest BCUT2D eigenvalue weighted by molar-refractivity contribution is 6.03. The summed E-state index contributed by atoms with van der Waals surface area (Å²) in [5.41, 5.74) is 3.26. The van der Waals surface area contributed by atoms with Crippen LogP contribution in [-0.4, -0.2) is 55.2 Å². The highest BCUT2D eigenvalue weighted by Gasteiger charge is 2.29. The Balaban J connectivity index is 1.37. The second-order valence-corrected chi connectivity index (χ2v) is 7.59. The first-order chi connectivity index (χ1) is 15.6. The molecule has 160 valence electrons. The third-order valence-electron chi connectivity index (χ3n) is 5.58. The van der Waals surface area contributed by atoms with Gasteiger partial charge in [-0.2, -0.15) is 10.3 Å². The highest BCUT2D eigenvalue weighted by atomic mass is 16.2. The molecule has 4 heterocycles. The van der Waals surface area contributed by atoms with E-state index in [1.807, 2.05) is 24.3 Å². The van der Waals surface area contributed by atoms with E-state index < -0.39 is 0 Å². The summed E-state index contributed by atoms with van der Waals surface area (Å²) in [6, 6.07) is 12.3. The standard InChI is InChI=1S/C22H19N7O3/c30-18-9-13(5-7-23-18)22(32)29-11-14-3-1-2-4-16(14)15(12-29)10-25-21(31)17-6-8-24-20-19(17)26-28-27-20/h1-9,15H,10-12H2,(H,23,30)(H,25,31)(H,24,26,27,28). The summed E-state index contributed by atoms with van der Waals surface area (Å²) in [6.07, 6.45) is 2.97. The number of fused-ring (bicyclic) bond motifs is 2. The van der Waals surface area contributed by atoms with Crippen LogP contribution in [0.25, 0.3) is 11.2 Å². The zero-order chi connectivity index (χ0) is 22.1. The molecule has 0 saturated heterocycles. The molecule has 3 N–H and O–H groups in total. The van der Waals surface area contributed by atoms with Gasteiger partial charge in [0.05, 0.1) is 5.56 Å². The van der Waals surface area contributed by atoms with Crippen molar-refractivity contribution < 1.29 is 9.59 Å².